The van der Waals surface area contributed by atoms with Gasteiger partial charge in [-0.2, -0.15) is 0 Å². The molecule has 2 aromatic rings. The predicted molar refractivity (Wildman–Crippen MR) is 96.1 cm³/mol. The maximum atomic E-state index is 13.3. The van der Waals surface area contributed by atoms with Crippen molar-refractivity contribution in [3.05, 3.63) is 59.3 Å². The van der Waals surface area contributed by atoms with Gasteiger partial charge < -0.3 is 14.7 Å². The van der Waals surface area contributed by atoms with Crippen LogP contribution in [0.25, 0.3) is 0 Å². The lowest BCUT2D eigenvalue weighted by atomic mass is 10.1. The van der Waals surface area contributed by atoms with Crippen molar-refractivity contribution in [1.82, 2.24) is 14.8 Å². The molecule has 1 aromatic carbocycles. The predicted octanol–water partition coefficient (Wildman–Crippen LogP) is 2.38. The molecule has 1 saturated heterocycles. The number of likely N-dealkylation sites (N-methyl/N-ethyl adjacent to an activating group) is 1. The first kappa shape index (κ1) is 18.3. The second kappa shape index (κ2) is 7.78. The largest absolute Gasteiger partial charge is 0.354 e. The van der Waals surface area contributed by atoms with Crippen LogP contribution in [0.4, 0.5) is 14.6 Å². The van der Waals surface area contributed by atoms with Crippen molar-refractivity contribution in [3.8, 4) is 0 Å². The van der Waals surface area contributed by atoms with Gasteiger partial charge in [-0.25, -0.2) is 13.8 Å². The Morgan fingerprint density at radius 2 is 1.85 bits per heavy atom. The molecule has 0 N–H and O–H groups in total. The maximum Gasteiger partial charge on any atom is 0.254 e. The quantitative estimate of drug-likeness (QED) is 0.839. The molecule has 1 aliphatic heterocycles. The minimum absolute atomic E-state index is 0.187. The number of anilines is 1. The van der Waals surface area contributed by atoms with Crippen molar-refractivity contribution in [1.29, 1.82) is 0 Å². The normalized spacial score (nSPS) is 15.2. The van der Waals surface area contributed by atoms with Crippen LogP contribution in [0.1, 0.15) is 15.9 Å². The lowest BCUT2D eigenvalue weighted by molar-refractivity contribution is 0.0785. The number of aromatic nitrogens is 1. The van der Waals surface area contributed by atoms with Gasteiger partial charge in [-0.1, -0.05) is 6.07 Å². The van der Waals surface area contributed by atoms with Gasteiger partial charge >= 0.3 is 0 Å². The minimum atomic E-state index is -0.912. The molecule has 2 heterocycles. The molecule has 1 amide bonds. The van der Waals surface area contributed by atoms with E-state index in [0.29, 0.717) is 11.1 Å². The third kappa shape index (κ3) is 4.16. The number of amides is 1. The van der Waals surface area contributed by atoms with Crippen molar-refractivity contribution >= 4 is 11.7 Å². The second-order valence-electron chi connectivity index (χ2n) is 6.60. The maximum absolute atomic E-state index is 13.3. The Morgan fingerprint density at radius 3 is 2.54 bits per heavy atom. The number of hydrogen-bond donors (Lipinski definition) is 0. The minimum Gasteiger partial charge on any atom is -0.354 e. The number of benzene rings is 1. The lowest BCUT2D eigenvalue weighted by Crippen LogP contribution is -2.44. The van der Waals surface area contributed by atoms with Crippen molar-refractivity contribution in [2.45, 2.75) is 6.54 Å². The molecule has 0 aliphatic carbocycles. The van der Waals surface area contributed by atoms with Crippen LogP contribution in [0.2, 0.25) is 0 Å². The average molecular weight is 360 g/mol. The number of hydrogen-bond acceptors (Lipinski definition) is 4. The Kier molecular flexibility index (Phi) is 5.46. The summed E-state index contributed by atoms with van der Waals surface area (Å²) in [5, 5.41) is 0. The van der Waals surface area contributed by atoms with Gasteiger partial charge in [0.25, 0.3) is 5.91 Å². The Hall–Kier alpha value is -2.54. The summed E-state index contributed by atoms with van der Waals surface area (Å²) in [6.45, 7) is 3.84. The summed E-state index contributed by atoms with van der Waals surface area (Å²) in [5.41, 5.74) is 1.06. The lowest BCUT2D eigenvalue weighted by Gasteiger charge is -2.33. The molecular weight excluding hydrogens is 338 g/mol. The number of pyridine rings is 1. The highest BCUT2D eigenvalue weighted by Gasteiger charge is 2.18. The summed E-state index contributed by atoms with van der Waals surface area (Å²) in [4.78, 5) is 23.0. The molecule has 0 saturated carbocycles. The molecule has 0 bridgehead atoms. The fourth-order valence-electron chi connectivity index (χ4n) is 2.96. The van der Waals surface area contributed by atoms with Crippen molar-refractivity contribution < 1.29 is 13.6 Å². The van der Waals surface area contributed by atoms with E-state index in [4.69, 9.17) is 0 Å². The highest BCUT2D eigenvalue weighted by atomic mass is 19.2. The number of nitrogens with zero attached hydrogens (tertiary/aromatic N) is 4. The molecule has 0 radical (unpaired) electrons. The average Bonchev–Trinajstić information content (AvgIpc) is 2.65. The molecule has 0 atom stereocenters. The fourth-order valence-corrected chi connectivity index (χ4v) is 2.96. The van der Waals surface area contributed by atoms with E-state index in [1.54, 1.807) is 25.4 Å². The monoisotopic (exact) mass is 360 g/mol. The van der Waals surface area contributed by atoms with Crippen molar-refractivity contribution in [2.24, 2.45) is 0 Å². The molecule has 1 aromatic heterocycles. The Labute approximate surface area is 151 Å². The van der Waals surface area contributed by atoms with Crippen LogP contribution < -0.4 is 4.90 Å². The van der Waals surface area contributed by atoms with Gasteiger partial charge in [-0.15, -0.1) is 0 Å². The molecule has 5 nitrogen and oxygen atoms in total. The molecule has 0 spiro atoms. The van der Waals surface area contributed by atoms with Gasteiger partial charge in [0.2, 0.25) is 0 Å². The van der Waals surface area contributed by atoms with E-state index in [9.17, 15) is 13.6 Å². The van der Waals surface area contributed by atoms with Gasteiger partial charge in [-0.05, 0) is 36.9 Å². The summed E-state index contributed by atoms with van der Waals surface area (Å²) in [6, 6.07) is 7.12. The summed E-state index contributed by atoms with van der Waals surface area (Å²) in [7, 11) is 3.72. The SMILES string of the molecule is CN1CCN(c2cc(C(=O)N(C)Cc3ccc(F)c(F)c3)ccn2)CC1. The smallest absolute Gasteiger partial charge is 0.254 e. The third-order valence-electron chi connectivity index (χ3n) is 4.57. The van der Waals surface area contributed by atoms with E-state index in [1.165, 1.54) is 11.0 Å². The number of carbonyl (C=O) groups excluding carboxylic acids is 1. The third-order valence-corrected chi connectivity index (χ3v) is 4.57. The molecule has 26 heavy (non-hydrogen) atoms. The molecule has 138 valence electrons. The Bertz CT molecular complexity index is 791. The number of carbonyl (C=O) groups is 1. The standard InChI is InChI=1S/C19H22F2N4O/c1-23-7-9-25(10-8-23)18-12-15(5-6-22-18)19(26)24(2)13-14-3-4-16(20)17(21)11-14/h3-6,11-12H,7-10,13H2,1-2H3. The summed E-state index contributed by atoms with van der Waals surface area (Å²) < 4.78 is 26.4. The van der Waals surface area contributed by atoms with E-state index in [2.05, 4.69) is 21.8 Å². The second-order valence-corrected chi connectivity index (χ2v) is 6.60. The van der Waals surface area contributed by atoms with Crippen LogP contribution in [0.5, 0.6) is 0 Å². The first-order valence-electron chi connectivity index (χ1n) is 8.53. The van der Waals surface area contributed by atoms with Gasteiger partial charge in [0.05, 0.1) is 0 Å². The first-order valence-corrected chi connectivity index (χ1v) is 8.53. The summed E-state index contributed by atoms with van der Waals surface area (Å²) in [5.74, 6) is -1.21. The van der Waals surface area contributed by atoms with Crippen LogP contribution in [0.3, 0.4) is 0 Å². The van der Waals surface area contributed by atoms with Crippen LogP contribution in [-0.2, 0) is 6.54 Å². The van der Waals surface area contributed by atoms with E-state index in [-0.39, 0.29) is 12.5 Å². The van der Waals surface area contributed by atoms with Crippen LogP contribution in [0.15, 0.2) is 36.5 Å². The fraction of sp³-hybridized carbons (Fsp3) is 0.368. The van der Waals surface area contributed by atoms with Gasteiger partial charge in [-0.3, -0.25) is 4.79 Å². The number of rotatable bonds is 4. The Balaban J connectivity index is 1.70. The molecule has 0 unspecified atom stereocenters. The summed E-state index contributed by atoms with van der Waals surface area (Å²) >= 11 is 0. The van der Waals surface area contributed by atoms with Gasteiger partial charge in [0.1, 0.15) is 5.82 Å². The molecule has 1 fully saturated rings. The molecule has 3 rings (SSSR count). The zero-order valence-corrected chi connectivity index (χ0v) is 15.0. The van der Waals surface area contributed by atoms with Crippen LogP contribution >= 0.6 is 0 Å². The van der Waals surface area contributed by atoms with Crippen LogP contribution in [0, 0.1) is 11.6 Å². The summed E-state index contributed by atoms with van der Waals surface area (Å²) in [6.07, 6.45) is 1.63. The van der Waals surface area contributed by atoms with Gasteiger partial charge in [0, 0.05) is 51.5 Å². The van der Waals surface area contributed by atoms with E-state index in [1.807, 2.05) is 0 Å². The van der Waals surface area contributed by atoms with E-state index < -0.39 is 11.6 Å². The first-order chi connectivity index (χ1) is 12.4. The molecular formula is C19H22F2N4O. The van der Waals surface area contributed by atoms with Gasteiger partial charge in [0.15, 0.2) is 11.6 Å². The number of halogens is 2. The Morgan fingerprint density at radius 1 is 1.12 bits per heavy atom. The highest BCUT2D eigenvalue weighted by Crippen LogP contribution is 2.17. The van der Waals surface area contributed by atoms with E-state index in [0.717, 1.165) is 44.1 Å². The van der Waals surface area contributed by atoms with Crippen molar-refractivity contribution in [3.63, 3.8) is 0 Å². The topological polar surface area (TPSA) is 39.7 Å². The number of piperazine rings is 1. The highest BCUT2D eigenvalue weighted by molar-refractivity contribution is 5.94. The van der Waals surface area contributed by atoms with Crippen LogP contribution in [-0.4, -0.2) is 61.0 Å². The zero-order valence-electron chi connectivity index (χ0n) is 15.0. The van der Waals surface area contributed by atoms with Crippen molar-refractivity contribution in [2.75, 3.05) is 45.2 Å². The molecule has 7 heteroatoms. The van der Waals surface area contributed by atoms with E-state index >= 15 is 0 Å². The molecule has 1 aliphatic rings. The zero-order chi connectivity index (χ0) is 18.7.